The summed E-state index contributed by atoms with van der Waals surface area (Å²) in [6.07, 6.45) is 2.00. The number of carbonyl (C=O) groups is 1. The summed E-state index contributed by atoms with van der Waals surface area (Å²) in [7, 11) is 0. The van der Waals surface area contributed by atoms with Gasteiger partial charge in [0.15, 0.2) is 11.6 Å². The van der Waals surface area contributed by atoms with E-state index >= 15 is 0 Å². The predicted molar refractivity (Wildman–Crippen MR) is 147 cm³/mol. The number of phenols is 2. The normalized spacial score (nSPS) is 11.5. The van der Waals surface area contributed by atoms with Crippen LogP contribution in [0.15, 0.2) is 72.8 Å². The fourth-order valence-electron chi connectivity index (χ4n) is 4.55. The number of phenolic OH excluding ortho intramolecular Hbond substituents is 2. The molecule has 1 aromatic heterocycles. The number of rotatable bonds is 10. The Morgan fingerprint density at radius 1 is 0.842 bits per heavy atom. The summed E-state index contributed by atoms with van der Waals surface area (Å²) in [4.78, 5) is 26.8. The van der Waals surface area contributed by atoms with Crippen molar-refractivity contribution >= 4 is 5.78 Å². The number of aromatic hydroxyl groups is 2. The van der Waals surface area contributed by atoms with Gasteiger partial charge in [0.05, 0.1) is 17.7 Å². The standard InChI is InChI=1S/C31H33N3O4/c1-20(2)19-31(3,4)16-17-38-22-11-9-10-21(18-22)27(37)30-33-28(23-12-5-7-14-25(23)35)32-29(34-30)24-13-6-8-15-26(24)36/h5-15,18,20,35-36H,16-17,19H2,1-4H3. The van der Waals surface area contributed by atoms with Gasteiger partial charge < -0.3 is 14.9 Å². The number of carbonyl (C=O) groups excluding carboxylic acids is 1. The lowest BCUT2D eigenvalue weighted by molar-refractivity contribution is 0.102. The SMILES string of the molecule is CC(C)CC(C)(C)CCOc1cccc(C(=O)c2nc(-c3ccccc3O)nc(-c3ccccc3O)n2)c1. The van der Waals surface area contributed by atoms with Crippen molar-refractivity contribution in [3.8, 4) is 40.0 Å². The molecule has 0 aliphatic heterocycles. The van der Waals surface area contributed by atoms with Crippen LogP contribution < -0.4 is 4.74 Å². The minimum absolute atomic E-state index is 0.0314. The van der Waals surface area contributed by atoms with Crippen LogP contribution >= 0.6 is 0 Å². The summed E-state index contributed by atoms with van der Waals surface area (Å²) in [5, 5.41) is 20.8. The highest BCUT2D eigenvalue weighted by atomic mass is 16.5. The van der Waals surface area contributed by atoms with Crippen molar-refractivity contribution in [1.82, 2.24) is 15.0 Å². The van der Waals surface area contributed by atoms with E-state index in [1.807, 2.05) is 6.07 Å². The molecule has 1 heterocycles. The second-order valence-corrected chi connectivity index (χ2v) is 10.6. The van der Waals surface area contributed by atoms with Crippen molar-refractivity contribution in [2.24, 2.45) is 11.3 Å². The Bertz CT molecular complexity index is 1370. The first-order valence-corrected chi connectivity index (χ1v) is 12.7. The van der Waals surface area contributed by atoms with Gasteiger partial charge in [0.1, 0.15) is 17.2 Å². The molecule has 196 valence electrons. The summed E-state index contributed by atoms with van der Waals surface area (Å²) < 4.78 is 6.00. The summed E-state index contributed by atoms with van der Waals surface area (Å²) >= 11 is 0. The largest absolute Gasteiger partial charge is 0.507 e. The fraction of sp³-hybridized carbons (Fsp3) is 0.290. The average Bonchev–Trinajstić information content (AvgIpc) is 2.88. The van der Waals surface area contributed by atoms with Crippen molar-refractivity contribution in [3.05, 3.63) is 84.2 Å². The van der Waals surface area contributed by atoms with E-state index in [0.717, 1.165) is 12.8 Å². The van der Waals surface area contributed by atoms with Crippen molar-refractivity contribution < 1.29 is 19.7 Å². The van der Waals surface area contributed by atoms with Crippen molar-refractivity contribution in [2.45, 2.75) is 40.5 Å². The summed E-state index contributed by atoms with van der Waals surface area (Å²) in [5.74, 6) is 0.855. The Kier molecular flexibility index (Phi) is 8.05. The summed E-state index contributed by atoms with van der Waals surface area (Å²) in [6.45, 7) is 9.45. The van der Waals surface area contributed by atoms with Crippen LogP contribution in [0.25, 0.3) is 22.8 Å². The zero-order valence-electron chi connectivity index (χ0n) is 22.2. The maximum absolute atomic E-state index is 13.6. The first kappa shape index (κ1) is 26.8. The third-order valence-corrected chi connectivity index (χ3v) is 6.23. The van der Waals surface area contributed by atoms with Gasteiger partial charge >= 0.3 is 0 Å². The molecule has 4 rings (SSSR count). The molecule has 0 fully saturated rings. The Morgan fingerprint density at radius 2 is 1.42 bits per heavy atom. The highest BCUT2D eigenvalue weighted by Crippen LogP contribution is 2.31. The zero-order valence-corrected chi connectivity index (χ0v) is 22.2. The van der Waals surface area contributed by atoms with Gasteiger partial charge in [-0.15, -0.1) is 0 Å². The van der Waals surface area contributed by atoms with Gasteiger partial charge in [0, 0.05) is 5.56 Å². The van der Waals surface area contributed by atoms with Gasteiger partial charge in [-0.1, -0.05) is 64.1 Å². The summed E-state index contributed by atoms with van der Waals surface area (Å²) in [5.41, 5.74) is 1.22. The molecule has 0 unspecified atom stereocenters. The molecule has 0 radical (unpaired) electrons. The second kappa shape index (κ2) is 11.4. The number of ketones is 1. The third-order valence-electron chi connectivity index (χ3n) is 6.23. The van der Waals surface area contributed by atoms with Crippen LogP contribution in [0.3, 0.4) is 0 Å². The van der Waals surface area contributed by atoms with Crippen molar-refractivity contribution in [2.75, 3.05) is 6.61 Å². The quantitative estimate of drug-likeness (QED) is 0.229. The molecule has 0 amide bonds. The molecule has 0 saturated carbocycles. The molecule has 38 heavy (non-hydrogen) atoms. The van der Waals surface area contributed by atoms with E-state index in [0.29, 0.717) is 35.0 Å². The van der Waals surface area contributed by atoms with E-state index in [1.54, 1.807) is 54.6 Å². The summed E-state index contributed by atoms with van der Waals surface area (Å²) in [6, 6.07) is 20.1. The molecular weight excluding hydrogens is 478 g/mol. The molecule has 7 nitrogen and oxygen atoms in total. The van der Waals surface area contributed by atoms with Gasteiger partial charge in [0.2, 0.25) is 11.6 Å². The Labute approximate surface area is 223 Å². The number of hydrogen-bond donors (Lipinski definition) is 2. The maximum Gasteiger partial charge on any atom is 0.230 e. The molecule has 3 aromatic carbocycles. The van der Waals surface area contributed by atoms with Crippen LogP contribution in [-0.2, 0) is 0 Å². The van der Waals surface area contributed by atoms with Gasteiger partial charge in [-0.05, 0) is 60.6 Å². The lowest BCUT2D eigenvalue weighted by Gasteiger charge is -2.26. The van der Waals surface area contributed by atoms with E-state index in [4.69, 9.17) is 4.74 Å². The smallest absolute Gasteiger partial charge is 0.230 e. The van der Waals surface area contributed by atoms with Crippen molar-refractivity contribution in [3.63, 3.8) is 0 Å². The Balaban J connectivity index is 1.65. The highest BCUT2D eigenvalue weighted by molar-refractivity contribution is 6.07. The van der Waals surface area contributed by atoms with Crippen LogP contribution in [-0.4, -0.2) is 37.6 Å². The monoisotopic (exact) mass is 511 g/mol. The minimum Gasteiger partial charge on any atom is -0.507 e. The van der Waals surface area contributed by atoms with E-state index in [-0.39, 0.29) is 34.4 Å². The minimum atomic E-state index is -0.425. The number of hydrogen-bond acceptors (Lipinski definition) is 7. The van der Waals surface area contributed by atoms with Crippen LogP contribution in [0.4, 0.5) is 0 Å². The maximum atomic E-state index is 13.6. The first-order chi connectivity index (χ1) is 18.1. The molecule has 0 bridgehead atoms. The number of nitrogens with zero attached hydrogens (tertiary/aromatic N) is 3. The van der Waals surface area contributed by atoms with Gasteiger partial charge in [-0.2, -0.15) is 0 Å². The molecular formula is C31H33N3O4. The van der Waals surface area contributed by atoms with Gasteiger partial charge in [-0.3, -0.25) is 4.79 Å². The molecule has 0 spiro atoms. The number of para-hydroxylation sites is 2. The topological polar surface area (TPSA) is 105 Å². The van der Waals surface area contributed by atoms with Crippen LogP contribution in [0, 0.1) is 11.3 Å². The van der Waals surface area contributed by atoms with Crippen LogP contribution in [0.1, 0.15) is 56.7 Å². The van der Waals surface area contributed by atoms with Crippen LogP contribution in [0.5, 0.6) is 17.2 Å². The number of ether oxygens (including phenoxy) is 1. The highest BCUT2D eigenvalue weighted by Gasteiger charge is 2.21. The average molecular weight is 512 g/mol. The molecule has 0 atom stereocenters. The number of aromatic nitrogens is 3. The lowest BCUT2D eigenvalue weighted by Crippen LogP contribution is -2.18. The van der Waals surface area contributed by atoms with E-state index < -0.39 is 5.78 Å². The molecule has 2 N–H and O–H groups in total. The molecule has 4 aromatic rings. The van der Waals surface area contributed by atoms with Gasteiger partial charge in [-0.25, -0.2) is 15.0 Å². The Hall–Kier alpha value is -4.26. The van der Waals surface area contributed by atoms with Gasteiger partial charge in [0.25, 0.3) is 0 Å². The molecule has 0 aliphatic carbocycles. The van der Waals surface area contributed by atoms with E-state index in [9.17, 15) is 15.0 Å². The Morgan fingerprint density at radius 3 is 1.97 bits per heavy atom. The van der Waals surface area contributed by atoms with E-state index in [2.05, 4.69) is 42.6 Å². The predicted octanol–water partition coefficient (Wildman–Crippen LogP) is 6.69. The second-order valence-electron chi connectivity index (χ2n) is 10.6. The van der Waals surface area contributed by atoms with Crippen LogP contribution in [0.2, 0.25) is 0 Å². The van der Waals surface area contributed by atoms with Crippen molar-refractivity contribution in [1.29, 1.82) is 0 Å². The third kappa shape index (κ3) is 6.54. The van der Waals surface area contributed by atoms with E-state index in [1.165, 1.54) is 12.1 Å². The fourth-order valence-corrected chi connectivity index (χ4v) is 4.55. The molecule has 7 heteroatoms. The number of benzene rings is 3. The zero-order chi connectivity index (χ0) is 27.3. The molecule has 0 saturated heterocycles. The first-order valence-electron chi connectivity index (χ1n) is 12.7. The lowest BCUT2D eigenvalue weighted by atomic mass is 9.81. The molecule has 0 aliphatic rings.